The molecule has 1 fully saturated rings. The molecule has 1 atom stereocenters. The van der Waals surface area contributed by atoms with Gasteiger partial charge in [0, 0.05) is 18.6 Å². The lowest BCUT2D eigenvalue weighted by molar-refractivity contribution is -0.0631. The van der Waals surface area contributed by atoms with Gasteiger partial charge >= 0.3 is 0 Å². The zero-order valence-corrected chi connectivity index (χ0v) is 11.8. The second kappa shape index (κ2) is 5.57. The molecule has 4 heteroatoms. The minimum atomic E-state index is -0.722. The van der Waals surface area contributed by atoms with Crippen LogP contribution in [0.5, 0.6) is 0 Å². The molecule has 0 amide bonds. The number of hydrogen-bond acceptors (Lipinski definition) is 3. The predicted octanol–water partition coefficient (Wildman–Crippen LogP) is 2.28. The first-order valence-corrected chi connectivity index (χ1v) is 6.69. The maximum atomic E-state index is 13.5. The van der Waals surface area contributed by atoms with E-state index in [9.17, 15) is 9.50 Å². The topological polar surface area (TPSA) is 32.7 Å². The lowest BCUT2D eigenvalue weighted by Crippen LogP contribution is -2.53. The highest BCUT2D eigenvalue weighted by Crippen LogP contribution is 2.32. The zero-order valence-electron chi connectivity index (χ0n) is 11.8. The van der Waals surface area contributed by atoms with Gasteiger partial charge in [0.05, 0.1) is 19.3 Å². The Morgan fingerprint density at radius 2 is 1.89 bits per heavy atom. The lowest BCUT2D eigenvalue weighted by Gasteiger charge is -2.43. The number of morpholine rings is 1. The molecule has 1 aromatic carbocycles. The standard InChI is InChI=1S/C15H22FNO2/c1-11-8-12(10-13(16)9-11)14(18)15(2,3)17-4-6-19-7-5-17/h8-10,14,18H,4-7H2,1-3H3. The van der Waals surface area contributed by atoms with Crippen LogP contribution in [0.2, 0.25) is 0 Å². The van der Waals surface area contributed by atoms with Crippen molar-refractivity contribution >= 4 is 0 Å². The fraction of sp³-hybridized carbons (Fsp3) is 0.600. The molecule has 0 spiro atoms. The Balaban J connectivity index is 2.22. The van der Waals surface area contributed by atoms with E-state index in [1.807, 2.05) is 26.8 Å². The van der Waals surface area contributed by atoms with Gasteiger partial charge in [-0.15, -0.1) is 0 Å². The quantitative estimate of drug-likeness (QED) is 0.912. The van der Waals surface area contributed by atoms with Crippen LogP contribution in [0.4, 0.5) is 4.39 Å². The van der Waals surface area contributed by atoms with Crippen molar-refractivity contribution in [3.63, 3.8) is 0 Å². The molecule has 0 aliphatic carbocycles. The van der Waals surface area contributed by atoms with Gasteiger partial charge in [-0.3, -0.25) is 4.90 Å². The van der Waals surface area contributed by atoms with Gasteiger partial charge in [-0.05, 0) is 44.0 Å². The second-order valence-electron chi connectivity index (χ2n) is 5.72. The molecule has 0 saturated carbocycles. The molecular weight excluding hydrogens is 245 g/mol. The molecule has 0 aromatic heterocycles. The summed E-state index contributed by atoms with van der Waals surface area (Å²) in [6, 6.07) is 4.73. The fourth-order valence-electron chi connectivity index (χ4n) is 2.64. The largest absolute Gasteiger partial charge is 0.386 e. The van der Waals surface area contributed by atoms with Crippen molar-refractivity contribution in [2.75, 3.05) is 26.3 Å². The van der Waals surface area contributed by atoms with E-state index in [2.05, 4.69) is 4.90 Å². The highest BCUT2D eigenvalue weighted by atomic mass is 19.1. The van der Waals surface area contributed by atoms with Crippen molar-refractivity contribution in [2.24, 2.45) is 0 Å². The van der Waals surface area contributed by atoms with Gasteiger partial charge in [-0.25, -0.2) is 4.39 Å². The number of aliphatic hydroxyl groups is 1. The van der Waals surface area contributed by atoms with E-state index in [1.54, 1.807) is 0 Å². The van der Waals surface area contributed by atoms with Crippen molar-refractivity contribution in [3.8, 4) is 0 Å². The van der Waals surface area contributed by atoms with Crippen LogP contribution in [0.1, 0.15) is 31.1 Å². The molecule has 1 aliphatic heterocycles. The summed E-state index contributed by atoms with van der Waals surface area (Å²) in [4.78, 5) is 2.20. The number of ether oxygens (including phenoxy) is 1. The Bertz CT molecular complexity index is 422. The van der Waals surface area contributed by atoms with Gasteiger partial charge in [0.1, 0.15) is 5.82 Å². The molecule has 0 radical (unpaired) electrons. The predicted molar refractivity (Wildman–Crippen MR) is 72.6 cm³/mol. The number of aliphatic hydroxyl groups excluding tert-OH is 1. The maximum Gasteiger partial charge on any atom is 0.123 e. The number of rotatable bonds is 3. The Kier molecular flexibility index (Phi) is 4.23. The second-order valence-corrected chi connectivity index (χ2v) is 5.72. The first kappa shape index (κ1) is 14.4. The number of benzene rings is 1. The zero-order chi connectivity index (χ0) is 14.0. The summed E-state index contributed by atoms with van der Waals surface area (Å²) in [6.07, 6.45) is -0.722. The third-order valence-corrected chi connectivity index (χ3v) is 3.88. The van der Waals surface area contributed by atoms with E-state index >= 15 is 0 Å². The Morgan fingerprint density at radius 3 is 2.47 bits per heavy atom. The molecule has 2 rings (SSSR count). The van der Waals surface area contributed by atoms with E-state index in [-0.39, 0.29) is 5.82 Å². The van der Waals surface area contributed by atoms with Crippen LogP contribution in [-0.4, -0.2) is 41.8 Å². The van der Waals surface area contributed by atoms with Crippen LogP contribution in [0.15, 0.2) is 18.2 Å². The molecule has 1 N–H and O–H groups in total. The van der Waals surface area contributed by atoms with E-state index in [4.69, 9.17) is 4.74 Å². The molecule has 1 aliphatic rings. The lowest BCUT2D eigenvalue weighted by atomic mass is 9.88. The van der Waals surface area contributed by atoms with Crippen LogP contribution in [0, 0.1) is 12.7 Å². The minimum absolute atomic E-state index is 0.299. The van der Waals surface area contributed by atoms with Crippen molar-refractivity contribution in [2.45, 2.75) is 32.4 Å². The van der Waals surface area contributed by atoms with Crippen LogP contribution in [-0.2, 0) is 4.74 Å². The Hall–Kier alpha value is -0.970. The number of nitrogens with zero attached hydrogens (tertiary/aromatic N) is 1. The van der Waals surface area contributed by atoms with E-state index < -0.39 is 11.6 Å². The Morgan fingerprint density at radius 1 is 1.26 bits per heavy atom. The van der Waals surface area contributed by atoms with Crippen molar-refractivity contribution in [1.82, 2.24) is 4.90 Å². The normalized spacial score (nSPS) is 19.4. The summed E-state index contributed by atoms with van der Waals surface area (Å²) >= 11 is 0. The van der Waals surface area contributed by atoms with Gasteiger partial charge in [-0.1, -0.05) is 6.07 Å². The van der Waals surface area contributed by atoms with Gasteiger partial charge in [0.25, 0.3) is 0 Å². The first-order valence-electron chi connectivity index (χ1n) is 6.69. The van der Waals surface area contributed by atoms with Gasteiger partial charge in [0.2, 0.25) is 0 Å². The highest BCUT2D eigenvalue weighted by Gasteiger charge is 2.36. The van der Waals surface area contributed by atoms with Gasteiger partial charge in [0.15, 0.2) is 0 Å². The van der Waals surface area contributed by atoms with Crippen molar-refractivity contribution in [1.29, 1.82) is 0 Å². The summed E-state index contributed by atoms with van der Waals surface area (Å²) in [5.74, 6) is -0.299. The summed E-state index contributed by atoms with van der Waals surface area (Å²) in [6.45, 7) is 8.75. The molecule has 1 saturated heterocycles. The summed E-state index contributed by atoms with van der Waals surface area (Å²) in [5, 5.41) is 10.6. The van der Waals surface area contributed by atoms with Gasteiger partial charge < -0.3 is 9.84 Å². The number of hydrogen-bond donors (Lipinski definition) is 1. The molecule has 1 unspecified atom stereocenters. The molecule has 106 valence electrons. The fourth-order valence-corrected chi connectivity index (χ4v) is 2.64. The van der Waals surface area contributed by atoms with Crippen LogP contribution in [0.3, 0.4) is 0 Å². The molecular formula is C15H22FNO2. The minimum Gasteiger partial charge on any atom is -0.386 e. The first-order chi connectivity index (χ1) is 8.91. The third-order valence-electron chi connectivity index (χ3n) is 3.88. The SMILES string of the molecule is Cc1cc(F)cc(C(O)C(C)(C)N2CCOCC2)c1. The number of aryl methyl sites for hydroxylation is 1. The van der Waals surface area contributed by atoms with Crippen LogP contribution < -0.4 is 0 Å². The summed E-state index contributed by atoms with van der Waals surface area (Å²) in [5.41, 5.74) is 1.02. The molecule has 1 aromatic rings. The van der Waals surface area contributed by atoms with E-state index in [1.165, 1.54) is 12.1 Å². The van der Waals surface area contributed by atoms with Crippen LogP contribution in [0.25, 0.3) is 0 Å². The van der Waals surface area contributed by atoms with Crippen molar-refractivity contribution in [3.05, 3.63) is 35.1 Å². The van der Waals surface area contributed by atoms with Crippen molar-refractivity contribution < 1.29 is 14.2 Å². The van der Waals surface area contributed by atoms with Gasteiger partial charge in [-0.2, -0.15) is 0 Å². The molecule has 1 heterocycles. The molecule has 3 nitrogen and oxygen atoms in total. The molecule has 0 bridgehead atoms. The van der Waals surface area contributed by atoms with Crippen LogP contribution >= 0.6 is 0 Å². The van der Waals surface area contributed by atoms with E-state index in [0.29, 0.717) is 18.8 Å². The van der Waals surface area contributed by atoms with E-state index in [0.717, 1.165) is 18.7 Å². The third kappa shape index (κ3) is 3.14. The highest BCUT2D eigenvalue weighted by molar-refractivity contribution is 5.27. The Labute approximate surface area is 114 Å². The maximum absolute atomic E-state index is 13.5. The number of halogens is 1. The summed E-state index contributed by atoms with van der Waals surface area (Å²) < 4.78 is 18.8. The molecule has 19 heavy (non-hydrogen) atoms. The average molecular weight is 267 g/mol. The average Bonchev–Trinajstić information content (AvgIpc) is 2.37. The smallest absolute Gasteiger partial charge is 0.123 e. The monoisotopic (exact) mass is 267 g/mol. The summed E-state index contributed by atoms with van der Waals surface area (Å²) in [7, 11) is 0.